The Labute approximate surface area is 126 Å². The van der Waals surface area contributed by atoms with Gasteiger partial charge in [-0.1, -0.05) is 23.7 Å². The predicted molar refractivity (Wildman–Crippen MR) is 73.1 cm³/mol. The van der Waals surface area contributed by atoms with E-state index in [4.69, 9.17) is 16.9 Å². The van der Waals surface area contributed by atoms with Crippen LogP contribution in [-0.4, -0.2) is 4.57 Å². The van der Waals surface area contributed by atoms with Crippen LogP contribution in [0, 0.1) is 18.4 Å². The molecule has 2 aromatic rings. The van der Waals surface area contributed by atoms with E-state index in [0.29, 0.717) is 15.2 Å². The Morgan fingerprint density at radius 1 is 1.25 bits per heavy atom. The van der Waals surface area contributed by atoms with E-state index in [9.17, 15) is 13.2 Å². The molecule has 0 amide bonds. The van der Waals surface area contributed by atoms with Gasteiger partial charge in [0.1, 0.15) is 11.8 Å². The number of hydrogen-bond acceptors (Lipinski definition) is 1. The van der Waals surface area contributed by atoms with Gasteiger partial charge in [-0.3, -0.25) is 0 Å². The van der Waals surface area contributed by atoms with Crippen molar-refractivity contribution in [2.24, 2.45) is 0 Å². The lowest BCUT2D eigenvalue weighted by atomic mass is 10.1. The molecule has 0 atom stereocenters. The molecule has 0 spiro atoms. The molecular formula is C13H6BrClF3N2. The molecule has 1 radical (unpaired) electrons. The lowest BCUT2D eigenvalue weighted by Crippen LogP contribution is -2.11. The van der Waals surface area contributed by atoms with E-state index in [0.717, 1.165) is 0 Å². The van der Waals surface area contributed by atoms with Gasteiger partial charge in [-0.05, 0) is 33.6 Å². The summed E-state index contributed by atoms with van der Waals surface area (Å²) < 4.78 is 39.4. The largest absolute Gasteiger partial charge is 0.432 e. The smallest absolute Gasteiger partial charge is 0.333 e. The molecule has 0 fully saturated rings. The second kappa shape index (κ2) is 5.15. The normalized spacial score (nSPS) is 11.4. The van der Waals surface area contributed by atoms with E-state index < -0.39 is 11.9 Å². The van der Waals surface area contributed by atoms with Gasteiger partial charge in [0.05, 0.1) is 15.7 Å². The van der Waals surface area contributed by atoms with Gasteiger partial charge in [-0.2, -0.15) is 18.4 Å². The van der Waals surface area contributed by atoms with Gasteiger partial charge in [0.25, 0.3) is 0 Å². The summed E-state index contributed by atoms with van der Waals surface area (Å²) in [7, 11) is 3.40. The summed E-state index contributed by atoms with van der Waals surface area (Å²) >= 11 is 8.58. The molecule has 0 aliphatic heterocycles. The zero-order valence-corrected chi connectivity index (χ0v) is 12.1. The minimum absolute atomic E-state index is 0.0865. The van der Waals surface area contributed by atoms with E-state index >= 15 is 0 Å². The van der Waals surface area contributed by atoms with Gasteiger partial charge < -0.3 is 4.57 Å². The summed E-state index contributed by atoms with van der Waals surface area (Å²) in [5, 5.41) is 9.55. The molecule has 1 heterocycles. The molecule has 0 aliphatic rings. The summed E-state index contributed by atoms with van der Waals surface area (Å²) in [4.78, 5) is 0. The summed E-state index contributed by atoms with van der Waals surface area (Å²) in [6, 6.07) is 7.91. The minimum Gasteiger partial charge on any atom is -0.333 e. The van der Waals surface area contributed by atoms with Crippen molar-refractivity contribution in [3.8, 4) is 17.3 Å². The zero-order chi connectivity index (χ0) is 15.1. The molecule has 7 heteroatoms. The van der Waals surface area contributed by atoms with Crippen LogP contribution in [0.25, 0.3) is 11.3 Å². The lowest BCUT2D eigenvalue weighted by molar-refractivity contribution is -0.142. The van der Waals surface area contributed by atoms with E-state index in [2.05, 4.69) is 23.0 Å². The molecule has 1 aromatic heterocycles. The number of aromatic nitrogens is 1. The number of rotatable bonds is 1. The van der Waals surface area contributed by atoms with Crippen LogP contribution in [0.5, 0.6) is 0 Å². The van der Waals surface area contributed by atoms with E-state index in [1.807, 2.05) is 0 Å². The van der Waals surface area contributed by atoms with Crippen molar-refractivity contribution >= 4 is 27.5 Å². The summed E-state index contributed by atoms with van der Waals surface area (Å²) in [6.07, 6.45) is -4.61. The minimum atomic E-state index is -4.61. The first-order chi connectivity index (χ1) is 9.27. The van der Waals surface area contributed by atoms with Crippen LogP contribution in [0.2, 0.25) is 5.02 Å². The zero-order valence-electron chi connectivity index (χ0n) is 9.80. The Kier molecular flexibility index (Phi) is 3.85. The molecule has 0 bridgehead atoms. The number of alkyl halides is 3. The summed E-state index contributed by atoms with van der Waals surface area (Å²) in [6.45, 7) is 0. The summed E-state index contributed by atoms with van der Waals surface area (Å²) in [5.74, 6) is 0. The number of halogens is 5. The number of nitrogens with zero attached hydrogens (tertiary/aromatic N) is 2. The fourth-order valence-electron chi connectivity index (χ4n) is 1.88. The van der Waals surface area contributed by atoms with Crippen molar-refractivity contribution in [2.45, 2.75) is 6.18 Å². The highest BCUT2D eigenvalue weighted by molar-refractivity contribution is 9.10. The Hall–Kier alpha value is -1.45. The Bertz CT molecular complexity index is 696. The standard InChI is InChI=1S/C13H6BrClF3N2/c1-20-11(7-2-4-8(15)5-3-7)9(6-19)10(14)12(20)13(16,17)18/h2-5H,1H2. The van der Waals surface area contributed by atoms with Crippen LogP contribution < -0.4 is 0 Å². The SMILES string of the molecule is [CH2]n1c(-c2ccc(Cl)cc2)c(C#N)c(Br)c1C(F)(F)F. The van der Waals surface area contributed by atoms with E-state index in [1.54, 1.807) is 6.07 Å². The fourth-order valence-corrected chi connectivity index (χ4v) is 2.72. The molecule has 0 N–H and O–H groups in total. The Morgan fingerprint density at radius 3 is 2.25 bits per heavy atom. The average molecular weight is 363 g/mol. The molecule has 103 valence electrons. The van der Waals surface area contributed by atoms with Crippen LogP contribution in [0.1, 0.15) is 11.3 Å². The third-order valence-electron chi connectivity index (χ3n) is 2.70. The van der Waals surface area contributed by atoms with Gasteiger partial charge in [-0.25, -0.2) is 0 Å². The van der Waals surface area contributed by atoms with Gasteiger partial charge in [0.15, 0.2) is 0 Å². The van der Waals surface area contributed by atoms with Gasteiger partial charge in [0.2, 0.25) is 0 Å². The third kappa shape index (κ3) is 2.43. The quantitative estimate of drug-likeness (QED) is 0.694. The van der Waals surface area contributed by atoms with Crippen LogP contribution in [-0.2, 0) is 6.18 Å². The molecule has 0 aliphatic carbocycles. The van der Waals surface area contributed by atoms with Crippen molar-refractivity contribution in [3.05, 3.63) is 52.1 Å². The molecule has 0 unspecified atom stereocenters. The molecule has 0 saturated heterocycles. The predicted octanol–water partition coefficient (Wildman–Crippen LogP) is 5.10. The van der Waals surface area contributed by atoms with Gasteiger partial charge >= 0.3 is 6.18 Å². The topological polar surface area (TPSA) is 28.7 Å². The molecule has 2 nitrogen and oxygen atoms in total. The Balaban J connectivity index is 2.78. The van der Waals surface area contributed by atoms with Crippen LogP contribution in [0.3, 0.4) is 0 Å². The van der Waals surface area contributed by atoms with E-state index in [-0.39, 0.29) is 15.7 Å². The second-order valence-corrected chi connectivity index (χ2v) is 5.16. The van der Waals surface area contributed by atoms with Crippen LogP contribution in [0.4, 0.5) is 13.2 Å². The lowest BCUT2D eigenvalue weighted by Gasteiger charge is -2.10. The molecule has 0 saturated carbocycles. The molecular weight excluding hydrogens is 357 g/mol. The van der Waals surface area contributed by atoms with Crippen molar-refractivity contribution in [2.75, 3.05) is 0 Å². The molecule has 1 aromatic carbocycles. The van der Waals surface area contributed by atoms with Gasteiger partial charge in [0, 0.05) is 12.1 Å². The molecule has 2 rings (SSSR count). The first-order valence-corrected chi connectivity index (χ1v) is 6.42. The second-order valence-electron chi connectivity index (χ2n) is 3.93. The van der Waals surface area contributed by atoms with Crippen molar-refractivity contribution in [1.82, 2.24) is 4.57 Å². The van der Waals surface area contributed by atoms with Gasteiger partial charge in [-0.15, -0.1) is 0 Å². The maximum Gasteiger partial charge on any atom is 0.432 e. The number of benzene rings is 1. The molecule has 20 heavy (non-hydrogen) atoms. The van der Waals surface area contributed by atoms with E-state index in [1.165, 1.54) is 24.3 Å². The average Bonchev–Trinajstić information content (AvgIpc) is 2.60. The fraction of sp³-hybridized carbons (Fsp3) is 0.0769. The number of nitriles is 1. The van der Waals surface area contributed by atoms with Crippen LogP contribution in [0.15, 0.2) is 28.7 Å². The first-order valence-electron chi connectivity index (χ1n) is 5.25. The Morgan fingerprint density at radius 2 is 1.80 bits per heavy atom. The maximum absolute atomic E-state index is 13.0. The highest BCUT2D eigenvalue weighted by atomic mass is 79.9. The summed E-state index contributed by atoms with van der Waals surface area (Å²) in [5.41, 5.74) is -0.603. The highest BCUT2D eigenvalue weighted by Gasteiger charge is 2.39. The first kappa shape index (κ1) is 14.9. The number of hydrogen-bond donors (Lipinski definition) is 0. The maximum atomic E-state index is 13.0. The van der Waals surface area contributed by atoms with Crippen LogP contribution >= 0.6 is 27.5 Å². The third-order valence-corrected chi connectivity index (χ3v) is 3.73. The monoisotopic (exact) mass is 361 g/mol. The van der Waals surface area contributed by atoms with Crippen molar-refractivity contribution in [1.29, 1.82) is 5.26 Å². The van der Waals surface area contributed by atoms with Crippen molar-refractivity contribution < 1.29 is 13.2 Å². The van der Waals surface area contributed by atoms with Crippen molar-refractivity contribution in [3.63, 3.8) is 0 Å². The highest BCUT2D eigenvalue weighted by Crippen LogP contribution is 2.42.